The molecule has 1 atom stereocenters. The Morgan fingerprint density at radius 1 is 1.33 bits per heavy atom. The predicted octanol–water partition coefficient (Wildman–Crippen LogP) is 2.48. The third-order valence-electron chi connectivity index (χ3n) is 3.57. The van der Waals surface area contributed by atoms with Crippen LogP contribution in [0.3, 0.4) is 0 Å². The fraction of sp³-hybridized carbons (Fsp3) is 0.250. The summed E-state index contributed by atoms with van der Waals surface area (Å²) in [5.74, 6) is 0.149. The van der Waals surface area contributed by atoms with E-state index in [1.807, 2.05) is 0 Å². The Balaban J connectivity index is 1.87. The Hall–Kier alpha value is -2.32. The lowest BCUT2D eigenvalue weighted by atomic mass is 10.3. The molecule has 2 heterocycles. The number of aromatic nitrogens is 3. The Bertz CT molecular complexity index is 868. The Morgan fingerprint density at radius 2 is 2.12 bits per heavy atom. The number of ether oxygens (including phenoxy) is 1. The van der Waals surface area contributed by atoms with Crippen molar-refractivity contribution in [1.29, 1.82) is 0 Å². The molecule has 0 radical (unpaired) electrons. The number of rotatable bonds is 5. The summed E-state index contributed by atoms with van der Waals surface area (Å²) in [6, 6.07) is 6.91. The zero-order valence-corrected chi connectivity index (χ0v) is 14.4. The maximum atomic E-state index is 14.4. The molecule has 0 aliphatic carbocycles. The molecular formula is C16H17FN4O2S. The minimum atomic E-state index is -1.54. The zero-order chi connectivity index (χ0) is 17.3. The maximum Gasteiger partial charge on any atom is 0.322 e. The van der Waals surface area contributed by atoms with Crippen molar-refractivity contribution in [3.8, 4) is 5.75 Å². The molecule has 0 bridgehead atoms. The van der Waals surface area contributed by atoms with Crippen molar-refractivity contribution in [1.82, 2.24) is 15.0 Å². The first-order valence-electron chi connectivity index (χ1n) is 7.22. The van der Waals surface area contributed by atoms with Crippen molar-refractivity contribution in [3.05, 3.63) is 42.0 Å². The highest BCUT2D eigenvalue weighted by molar-refractivity contribution is 7.90. The normalized spacial score (nSPS) is 12.4. The first kappa shape index (κ1) is 16.5. The Morgan fingerprint density at radius 3 is 2.83 bits per heavy atom. The summed E-state index contributed by atoms with van der Waals surface area (Å²) >= 11 is -1.54. The Kier molecular flexibility index (Phi) is 4.59. The highest BCUT2D eigenvalue weighted by Crippen LogP contribution is 2.24. The van der Waals surface area contributed by atoms with Crippen molar-refractivity contribution in [3.63, 3.8) is 0 Å². The maximum absolute atomic E-state index is 14.4. The average molecular weight is 348 g/mol. The number of fused-ring (bicyclic) bond motifs is 1. The van der Waals surface area contributed by atoms with Crippen LogP contribution in [-0.4, -0.2) is 40.7 Å². The van der Waals surface area contributed by atoms with Gasteiger partial charge in [-0.15, -0.1) is 0 Å². The number of pyridine rings is 1. The van der Waals surface area contributed by atoms with Crippen LogP contribution >= 0.6 is 0 Å². The highest BCUT2D eigenvalue weighted by atomic mass is 32.2. The lowest BCUT2D eigenvalue weighted by molar-refractivity contribution is 0.415. The van der Waals surface area contributed by atoms with E-state index < -0.39 is 17.0 Å². The van der Waals surface area contributed by atoms with E-state index in [1.54, 1.807) is 50.4 Å². The molecule has 1 aromatic carbocycles. The second-order valence-electron chi connectivity index (χ2n) is 5.40. The first-order valence-corrected chi connectivity index (χ1v) is 8.54. The molecule has 3 aromatic rings. The van der Waals surface area contributed by atoms with Gasteiger partial charge in [0.1, 0.15) is 11.4 Å². The fourth-order valence-electron chi connectivity index (χ4n) is 2.31. The van der Waals surface area contributed by atoms with E-state index in [9.17, 15) is 8.94 Å². The lowest BCUT2D eigenvalue weighted by Crippen LogP contribution is -2.15. The van der Waals surface area contributed by atoms with Crippen LogP contribution in [0.5, 0.6) is 5.75 Å². The average Bonchev–Trinajstić information content (AvgIpc) is 2.99. The number of nitrogens with zero attached hydrogens (tertiary/aromatic N) is 3. The standard InChI is InChI=1S/C16H17FN4O2S/c1-21(2)14-6-7-18-13(15(14)17)9-24(22)16-19-11-5-4-10(23-3)8-12(11)20-16/h4-8H,9H2,1-3H3,(H,19,20). The molecule has 0 saturated carbocycles. The summed E-state index contributed by atoms with van der Waals surface area (Å²) in [6.07, 6.45) is 1.51. The van der Waals surface area contributed by atoms with E-state index >= 15 is 0 Å². The minimum absolute atomic E-state index is 0.0511. The van der Waals surface area contributed by atoms with Crippen molar-refractivity contribution in [2.75, 3.05) is 26.1 Å². The number of aromatic amines is 1. The zero-order valence-electron chi connectivity index (χ0n) is 13.5. The van der Waals surface area contributed by atoms with Gasteiger partial charge < -0.3 is 14.2 Å². The van der Waals surface area contributed by atoms with Crippen molar-refractivity contribution in [2.45, 2.75) is 10.9 Å². The number of imidazole rings is 1. The molecule has 0 aliphatic heterocycles. The van der Waals surface area contributed by atoms with Gasteiger partial charge in [-0.1, -0.05) is 0 Å². The lowest BCUT2D eigenvalue weighted by Gasteiger charge is -2.15. The van der Waals surface area contributed by atoms with E-state index in [0.717, 1.165) is 5.52 Å². The molecule has 0 spiro atoms. The van der Waals surface area contributed by atoms with Gasteiger partial charge in [0.15, 0.2) is 11.6 Å². The van der Waals surface area contributed by atoms with E-state index in [4.69, 9.17) is 4.74 Å². The van der Waals surface area contributed by atoms with Crippen LogP contribution in [0.15, 0.2) is 35.6 Å². The number of benzene rings is 1. The second kappa shape index (κ2) is 6.66. The Labute approximate surface area is 141 Å². The number of halogens is 1. The van der Waals surface area contributed by atoms with Crippen molar-refractivity contribution >= 4 is 27.9 Å². The molecular weight excluding hydrogens is 331 g/mol. The van der Waals surface area contributed by atoms with Crippen molar-refractivity contribution in [2.24, 2.45) is 0 Å². The van der Waals surface area contributed by atoms with Crippen LogP contribution in [0, 0.1) is 5.82 Å². The summed E-state index contributed by atoms with van der Waals surface area (Å²) in [5.41, 5.74) is 1.95. The molecule has 126 valence electrons. The van der Waals surface area contributed by atoms with Gasteiger partial charge in [-0.05, 0) is 18.2 Å². The molecule has 0 aliphatic rings. The number of methoxy groups -OCH3 is 1. The van der Waals surface area contributed by atoms with Gasteiger partial charge in [-0.25, -0.2) is 4.39 Å². The monoisotopic (exact) mass is 348 g/mol. The number of anilines is 1. The quantitative estimate of drug-likeness (QED) is 0.717. The van der Waals surface area contributed by atoms with E-state index in [1.165, 1.54) is 6.20 Å². The van der Waals surface area contributed by atoms with Gasteiger partial charge in [-0.3, -0.25) is 9.97 Å². The summed E-state index contributed by atoms with van der Waals surface area (Å²) in [6.45, 7) is 0. The van der Waals surface area contributed by atoms with E-state index in [-0.39, 0.29) is 16.6 Å². The topological polar surface area (TPSA) is 77.1 Å². The van der Waals surface area contributed by atoms with Gasteiger partial charge in [0.25, 0.3) is 0 Å². The SMILES string of the molecule is COc1ccc2[nH]c([S+]([O-])Cc3nccc(N(C)C)c3F)nc2c1. The summed E-state index contributed by atoms with van der Waals surface area (Å²) < 4.78 is 32.1. The molecule has 24 heavy (non-hydrogen) atoms. The molecule has 0 saturated heterocycles. The molecule has 3 rings (SSSR count). The van der Waals surface area contributed by atoms with Crippen LogP contribution in [0.1, 0.15) is 5.69 Å². The predicted molar refractivity (Wildman–Crippen MR) is 91.3 cm³/mol. The van der Waals surface area contributed by atoms with Gasteiger partial charge >= 0.3 is 5.16 Å². The number of hydrogen-bond acceptors (Lipinski definition) is 5. The number of H-pyrrole nitrogens is 1. The van der Waals surface area contributed by atoms with Crippen molar-refractivity contribution < 1.29 is 13.7 Å². The largest absolute Gasteiger partial charge is 0.609 e. The second-order valence-corrected chi connectivity index (χ2v) is 6.77. The fourth-order valence-corrected chi connectivity index (χ4v) is 3.32. The van der Waals surface area contributed by atoms with Gasteiger partial charge in [0, 0.05) is 37.5 Å². The number of nitrogens with one attached hydrogen (secondary N) is 1. The van der Waals surface area contributed by atoms with Crippen LogP contribution in [0.2, 0.25) is 0 Å². The molecule has 6 nitrogen and oxygen atoms in total. The van der Waals surface area contributed by atoms with Crippen LogP contribution in [0.4, 0.5) is 10.1 Å². The van der Waals surface area contributed by atoms with Crippen LogP contribution in [0.25, 0.3) is 11.0 Å². The first-order chi connectivity index (χ1) is 11.5. The number of hydrogen-bond donors (Lipinski definition) is 1. The van der Waals surface area contributed by atoms with Crippen LogP contribution in [-0.2, 0) is 16.9 Å². The van der Waals surface area contributed by atoms with E-state index in [0.29, 0.717) is 17.0 Å². The summed E-state index contributed by atoms with van der Waals surface area (Å²) in [5, 5.41) is 0.287. The highest BCUT2D eigenvalue weighted by Gasteiger charge is 2.22. The van der Waals surface area contributed by atoms with E-state index in [2.05, 4.69) is 15.0 Å². The molecule has 8 heteroatoms. The molecule has 1 N–H and O–H groups in total. The third-order valence-corrected chi connectivity index (χ3v) is 4.74. The van der Waals surface area contributed by atoms with Gasteiger partial charge in [-0.2, -0.15) is 4.98 Å². The third kappa shape index (κ3) is 3.15. The molecule has 1 unspecified atom stereocenters. The molecule has 2 aromatic heterocycles. The molecule has 0 amide bonds. The van der Waals surface area contributed by atoms with Gasteiger partial charge in [0.05, 0.1) is 23.8 Å². The molecule has 0 fully saturated rings. The van der Waals surface area contributed by atoms with Crippen LogP contribution < -0.4 is 9.64 Å². The summed E-state index contributed by atoms with van der Waals surface area (Å²) in [4.78, 5) is 13.0. The van der Waals surface area contributed by atoms with Gasteiger partial charge in [0.2, 0.25) is 0 Å². The minimum Gasteiger partial charge on any atom is -0.609 e. The summed E-state index contributed by atoms with van der Waals surface area (Å²) in [7, 11) is 5.05. The smallest absolute Gasteiger partial charge is 0.322 e.